The zero-order chi connectivity index (χ0) is 13.9. The van der Waals surface area contributed by atoms with E-state index >= 15 is 0 Å². The summed E-state index contributed by atoms with van der Waals surface area (Å²) < 4.78 is 41.1. The number of carbonyl (C=O) groups is 1. The number of rotatable bonds is 5. The predicted octanol–water partition coefficient (Wildman–Crippen LogP) is 2.25. The summed E-state index contributed by atoms with van der Waals surface area (Å²) in [5.74, 6) is -4.03. The topological polar surface area (TPSA) is 43.1 Å². The Balaban J connectivity index is 3.26. The summed E-state index contributed by atoms with van der Waals surface area (Å²) in [6, 6.07) is 0. The van der Waals surface area contributed by atoms with Gasteiger partial charge >= 0.3 is 0 Å². The Morgan fingerprint density at radius 2 is 1.89 bits per heavy atom. The Bertz CT molecular complexity index is 453. The predicted molar refractivity (Wildman–Crippen MR) is 70.1 cm³/mol. The summed E-state index contributed by atoms with van der Waals surface area (Å²) in [6.07, 6.45) is 0.603. The highest BCUT2D eigenvalue weighted by Gasteiger charge is 2.25. The zero-order valence-corrected chi connectivity index (χ0v) is 11.7. The second-order valence-corrected chi connectivity index (χ2v) is 5.29. The van der Waals surface area contributed by atoms with Crippen molar-refractivity contribution in [1.82, 2.24) is 0 Å². The van der Waals surface area contributed by atoms with E-state index in [0.717, 1.165) is 18.7 Å². The molecule has 1 rings (SSSR count). The molecule has 2 N–H and O–H groups in total. The molecule has 0 fully saturated rings. The normalized spacial score (nSPS) is 10.8. The lowest BCUT2D eigenvalue weighted by Gasteiger charge is -2.11. The third-order valence-corrected chi connectivity index (χ3v) is 4.19. The highest BCUT2D eigenvalue weighted by atomic mass is 32.2. The van der Waals surface area contributed by atoms with Crippen LogP contribution in [0.25, 0.3) is 0 Å². The van der Waals surface area contributed by atoms with Crippen molar-refractivity contribution in [2.45, 2.75) is 18.2 Å². The van der Waals surface area contributed by atoms with Crippen LogP contribution in [-0.4, -0.2) is 18.1 Å². The van der Waals surface area contributed by atoms with Crippen LogP contribution < -0.4 is 11.0 Å². The van der Waals surface area contributed by atoms with Crippen LogP contribution >= 0.6 is 21.0 Å². The van der Waals surface area contributed by atoms with Crippen molar-refractivity contribution in [2.75, 3.05) is 12.3 Å². The van der Waals surface area contributed by atoms with Crippen LogP contribution in [0, 0.1) is 17.5 Å². The van der Waals surface area contributed by atoms with Gasteiger partial charge in [-0.05, 0) is 25.6 Å². The van der Waals surface area contributed by atoms with Crippen LogP contribution in [0.5, 0.6) is 0 Å². The Kier molecular flexibility index (Phi) is 5.63. The lowest BCUT2D eigenvalue weighted by atomic mass is 10.1. The number of thioether (sulfide) groups is 1. The summed E-state index contributed by atoms with van der Waals surface area (Å²) in [6.45, 7) is 1.41. The third kappa shape index (κ3) is 3.05. The first kappa shape index (κ1) is 15.5. The van der Waals surface area contributed by atoms with Gasteiger partial charge in [0.05, 0.1) is 10.5 Å². The summed E-state index contributed by atoms with van der Waals surface area (Å²) in [4.78, 5) is 11.0. The molecule has 0 heterocycles. The van der Waals surface area contributed by atoms with Gasteiger partial charge in [-0.25, -0.2) is 13.2 Å². The molecular weight excluding hydrogens is 282 g/mol. The number of benzene rings is 1. The summed E-state index contributed by atoms with van der Waals surface area (Å²) >= 11 is 0.980. The second kappa shape index (κ2) is 6.55. The molecule has 1 aromatic rings. The molecule has 1 atom stereocenters. The fourth-order valence-corrected chi connectivity index (χ4v) is 2.86. The molecule has 1 unspecified atom stereocenters. The lowest BCUT2D eigenvalue weighted by Crippen LogP contribution is -2.16. The van der Waals surface area contributed by atoms with E-state index in [1.54, 1.807) is 0 Å². The maximum Gasteiger partial charge on any atom is 0.173 e. The van der Waals surface area contributed by atoms with Crippen LogP contribution in [0.4, 0.5) is 13.2 Å². The molecule has 18 heavy (non-hydrogen) atoms. The number of hydrogen-bond donors (Lipinski definition) is 1. The SMILES string of the molecule is CC(=O)c1c(F)c(F)c(SCCCN)c(P)c1F. The Hall–Kier alpha value is -0.580. The van der Waals surface area contributed by atoms with Gasteiger partial charge in [-0.15, -0.1) is 21.0 Å². The molecular formula is C11H13F3NOPS. The number of ketones is 1. The van der Waals surface area contributed by atoms with Crippen molar-refractivity contribution in [3.05, 3.63) is 23.0 Å². The highest BCUT2D eigenvalue weighted by molar-refractivity contribution is 7.99. The minimum Gasteiger partial charge on any atom is -0.330 e. The molecule has 100 valence electrons. The van der Waals surface area contributed by atoms with Gasteiger partial charge in [0.15, 0.2) is 17.4 Å². The minimum absolute atomic E-state index is 0.124. The minimum atomic E-state index is -1.43. The fourth-order valence-electron chi connectivity index (χ4n) is 1.37. The first-order chi connectivity index (χ1) is 8.41. The van der Waals surface area contributed by atoms with Crippen LogP contribution in [0.3, 0.4) is 0 Å². The summed E-state index contributed by atoms with van der Waals surface area (Å²) in [5, 5.41) is -0.124. The van der Waals surface area contributed by atoms with Gasteiger partial charge in [0, 0.05) is 5.30 Å². The maximum atomic E-state index is 13.8. The molecule has 0 saturated carbocycles. The van der Waals surface area contributed by atoms with Crippen molar-refractivity contribution in [1.29, 1.82) is 0 Å². The molecule has 0 amide bonds. The van der Waals surface area contributed by atoms with E-state index in [1.165, 1.54) is 0 Å². The van der Waals surface area contributed by atoms with Gasteiger partial charge in [-0.3, -0.25) is 4.79 Å². The van der Waals surface area contributed by atoms with Gasteiger partial charge in [0.1, 0.15) is 5.82 Å². The molecule has 7 heteroatoms. The van der Waals surface area contributed by atoms with Crippen molar-refractivity contribution >= 4 is 32.1 Å². The molecule has 0 aliphatic rings. The van der Waals surface area contributed by atoms with E-state index in [-0.39, 0.29) is 10.2 Å². The van der Waals surface area contributed by atoms with E-state index in [4.69, 9.17) is 5.73 Å². The summed E-state index contributed by atoms with van der Waals surface area (Å²) in [7, 11) is 2.00. The molecule has 2 nitrogen and oxygen atoms in total. The zero-order valence-electron chi connectivity index (χ0n) is 9.73. The van der Waals surface area contributed by atoms with E-state index in [2.05, 4.69) is 0 Å². The van der Waals surface area contributed by atoms with Gasteiger partial charge in [0.25, 0.3) is 0 Å². The fraction of sp³-hybridized carbons (Fsp3) is 0.364. The number of halogens is 3. The summed E-state index contributed by atoms with van der Waals surface area (Å²) in [5.41, 5.74) is 4.45. The first-order valence-electron chi connectivity index (χ1n) is 5.21. The second-order valence-electron chi connectivity index (χ2n) is 3.61. The van der Waals surface area contributed by atoms with E-state index in [9.17, 15) is 18.0 Å². The molecule has 0 bridgehead atoms. The lowest BCUT2D eigenvalue weighted by molar-refractivity contribution is 0.100. The van der Waals surface area contributed by atoms with Crippen molar-refractivity contribution in [3.8, 4) is 0 Å². The van der Waals surface area contributed by atoms with E-state index in [0.29, 0.717) is 18.7 Å². The molecule has 0 spiro atoms. The Morgan fingerprint density at radius 1 is 1.28 bits per heavy atom. The largest absolute Gasteiger partial charge is 0.330 e. The number of carbonyl (C=O) groups excluding carboxylic acids is 1. The van der Waals surface area contributed by atoms with Crippen LogP contribution in [0.2, 0.25) is 0 Å². The van der Waals surface area contributed by atoms with Gasteiger partial charge < -0.3 is 5.73 Å². The molecule has 0 aliphatic heterocycles. The molecule has 0 aromatic heterocycles. The molecule has 0 radical (unpaired) electrons. The highest BCUT2D eigenvalue weighted by Crippen LogP contribution is 2.28. The Morgan fingerprint density at radius 3 is 2.39 bits per heavy atom. The number of Topliss-reactive ketones (excluding diaryl/α,β-unsaturated/α-hetero) is 1. The number of nitrogens with two attached hydrogens (primary N) is 1. The number of hydrogen-bond acceptors (Lipinski definition) is 3. The monoisotopic (exact) mass is 295 g/mol. The molecule has 0 saturated heterocycles. The quantitative estimate of drug-likeness (QED) is 0.298. The average Bonchev–Trinajstić information content (AvgIpc) is 2.31. The standard InChI is InChI=1S/C11H13F3NOPS/c1-5(16)6-7(12)9(14)11(10(17)8(6)13)18-4-2-3-15/h2-4,15,17H2,1H3. The van der Waals surface area contributed by atoms with E-state index < -0.39 is 28.8 Å². The smallest absolute Gasteiger partial charge is 0.173 e. The van der Waals surface area contributed by atoms with Crippen molar-refractivity contribution < 1.29 is 18.0 Å². The van der Waals surface area contributed by atoms with Gasteiger partial charge in [-0.2, -0.15) is 0 Å². The van der Waals surface area contributed by atoms with Crippen molar-refractivity contribution in [2.24, 2.45) is 5.73 Å². The van der Waals surface area contributed by atoms with Crippen LogP contribution in [0.15, 0.2) is 4.90 Å². The Labute approximate surface area is 110 Å². The third-order valence-electron chi connectivity index (χ3n) is 2.26. The first-order valence-corrected chi connectivity index (χ1v) is 6.77. The van der Waals surface area contributed by atoms with Crippen LogP contribution in [0.1, 0.15) is 23.7 Å². The molecule has 0 aliphatic carbocycles. The van der Waals surface area contributed by atoms with Gasteiger partial charge in [-0.1, -0.05) is 0 Å². The maximum absolute atomic E-state index is 13.8. The van der Waals surface area contributed by atoms with Crippen LogP contribution in [-0.2, 0) is 0 Å². The average molecular weight is 295 g/mol. The van der Waals surface area contributed by atoms with Crippen molar-refractivity contribution in [3.63, 3.8) is 0 Å². The van der Waals surface area contributed by atoms with E-state index in [1.807, 2.05) is 9.24 Å². The molecule has 1 aromatic carbocycles. The van der Waals surface area contributed by atoms with Gasteiger partial charge in [0.2, 0.25) is 0 Å².